The fourth-order valence-corrected chi connectivity index (χ4v) is 7.97. The number of rotatable bonds is 9. The zero-order valence-electron chi connectivity index (χ0n) is 22.6. The molecule has 3 heterocycles. The van der Waals surface area contributed by atoms with Gasteiger partial charge in [-0.2, -0.15) is 0 Å². The summed E-state index contributed by atoms with van der Waals surface area (Å²) in [6, 6.07) is 8.05. The van der Waals surface area contributed by atoms with Gasteiger partial charge in [-0.15, -0.1) is 0 Å². The van der Waals surface area contributed by atoms with Gasteiger partial charge in [0.05, 0.1) is 37.9 Å². The number of benzene rings is 1. The molecule has 0 radical (unpaired) electrons. The molecule has 6 rings (SSSR count). The minimum Gasteiger partial charge on any atom is -0.497 e. The molecular weight excluding hydrogens is 532 g/mol. The van der Waals surface area contributed by atoms with Gasteiger partial charge in [0.1, 0.15) is 27.3 Å². The van der Waals surface area contributed by atoms with Crippen molar-refractivity contribution in [2.45, 2.75) is 44.6 Å². The number of morpholine rings is 1. The van der Waals surface area contributed by atoms with Crippen molar-refractivity contribution >= 4 is 40.3 Å². The third-order valence-electron chi connectivity index (χ3n) is 8.66. The first-order valence-corrected chi connectivity index (χ1v) is 15.2. The van der Waals surface area contributed by atoms with E-state index in [1.165, 1.54) is 31.0 Å². The third kappa shape index (κ3) is 5.51. The van der Waals surface area contributed by atoms with Gasteiger partial charge in [-0.1, -0.05) is 30.4 Å². The number of thiocarbonyl (C=S) groups is 1. The Labute approximate surface area is 239 Å². The Morgan fingerprint density at radius 2 is 1.97 bits per heavy atom. The zero-order valence-corrected chi connectivity index (χ0v) is 24.3. The highest BCUT2D eigenvalue weighted by atomic mass is 32.2. The number of furan rings is 1. The van der Waals surface area contributed by atoms with Gasteiger partial charge >= 0.3 is 0 Å². The molecule has 2 aliphatic carbocycles. The van der Waals surface area contributed by atoms with E-state index in [0.717, 1.165) is 80.7 Å². The van der Waals surface area contributed by atoms with E-state index in [4.69, 9.17) is 30.8 Å². The number of hydrogen-bond donors (Lipinski definition) is 0. The van der Waals surface area contributed by atoms with Crippen molar-refractivity contribution in [1.29, 1.82) is 0 Å². The quantitative estimate of drug-likeness (QED) is 0.285. The van der Waals surface area contributed by atoms with Crippen LogP contribution in [0.1, 0.15) is 43.4 Å². The monoisotopic (exact) mass is 568 g/mol. The smallest absolute Gasteiger partial charge is 0.266 e. The van der Waals surface area contributed by atoms with E-state index in [2.05, 4.69) is 11.0 Å². The van der Waals surface area contributed by atoms with Crippen molar-refractivity contribution in [3.63, 3.8) is 0 Å². The first-order valence-electron chi connectivity index (χ1n) is 14.0. The van der Waals surface area contributed by atoms with Gasteiger partial charge in [0, 0.05) is 31.3 Å². The van der Waals surface area contributed by atoms with Crippen molar-refractivity contribution < 1.29 is 23.4 Å². The Bertz CT molecular complexity index is 1270. The molecule has 2 bridgehead atoms. The Morgan fingerprint density at radius 1 is 1.13 bits per heavy atom. The Balaban J connectivity index is 1.28. The molecule has 208 valence electrons. The molecule has 2 aromatic rings. The average molecular weight is 569 g/mol. The van der Waals surface area contributed by atoms with E-state index in [9.17, 15) is 4.79 Å². The minimum atomic E-state index is 0.0294. The van der Waals surface area contributed by atoms with Crippen LogP contribution in [-0.2, 0) is 16.0 Å². The number of thioether (sulfide) groups is 1. The Morgan fingerprint density at radius 3 is 2.69 bits per heavy atom. The number of ether oxygens (including phenoxy) is 3. The molecule has 0 N–H and O–H groups in total. The summed E-state index contributed by atoms with van der Waals surface area (Å²) in [6.45, 7) is 4.53. The molecular formula is C30H36N2O5S2. The zero-order chi connectivity index (χ0) is 26.9. The predicted octanol–water partition coefficient (Wildman–Crippen LogP) is 5.62. The minimum absolute atomic E-state index is 0.0294. The number of nitrogens with zero attached hydrogens (tertiary/aromatic N) is 2. The second-order valence-electron chi connectivity index (χ2n) is 10.9. The summed E-state index contributed by atoms with van der Waals surface area (Å²) >= 11 is 7.14. The lowest BCUT2D eigenvalue weighted by Crippen LogP contribution is -2.41. The number of fused-ring (bicyclic) bond motifs is 2. The second kappa shape index (κ2) is 11.6. The van der Waals surface area contributed by atoms with Gasteiger partial charge in [0.2, 0.25) is 0 Å². The highest BCUT2D eigenvalue weighted by Crippen LogP contribution is 2.49. The SMILES string of the molecule is COc1ccc(-c2cc(CCCN3CCOCC3)c(/C=C3\SC(=S)N(C4CC5CCC4C5)C3=O)o2)c(OC)c1. The first-order chi connectivity index (χ1) is 19.0. The van der Waals surface area contributed by atoms with Gasteiger partial charge in [-0.3, -0.25) is 14.6 Å². The van der Waals surface area contributed by atoms with Crippen molar-refractivity contribution in [3.05, 3.63) is 40.5 Å². The summed E-state index contributed by atoms with van der Waals surface area (Å²) in [5.41, 5.74) is 1.93. The van der Waals surface area contributed by atoms with Crippen LogP contribution in [0.3, 0.4) is 0 Å². The molecule has 4 aliphatic rings. The predicted molar refractivity (Wildman–Crippen MR) is 157 cm³/mol. The fraction of sp³-hybridized carbons (Fsp3) is 0.533. The molecule has 7 nitrogen and oxygen atoms in total. The van der Waals surface area contributed by atoms with Crippen molar-refractivity contribution in [2.75, 3.05) is 47.1 Å². The number of aryl methyl sites for hydroxylation is 1. The van der Waals surface area contributed by atoms with E-state index in [-0.39, 0.29) is 11.9 Å². The Kier molecular flexibility index (Phi) is 8.03. The van der Waals surface area contributed by atoms with Gasteiger partial charge in [0.25, 0.3) is 5.91 Å². The molecule has 2 saturated carbocycles. The second-order valence-corrected chi connectivity index (χ2v) is 12.6. The molecule has 0 spiro atoms. The first kappa shape index (κ1) is 26.9. The fourth-order valence-electron chi connectivity index (χ4n) is 6.63. The van der Waals surface area contributed by atoms with Crippen LogP contribution in [-0.4, -0.2) is 73.1 Å². The summed E-state index contributed by atoms with van der Waals surface area (Å²) in [6.07, 6.45) is 8.58. The normalized spacial score (nSPS) is 26.3. The maximum Gasteiger partial charge on any atom is 0.266 e. The van der Waals surface area contributed by atoms with Gasteiger partial charge in [-0.05, 0) is 74.2 Å². The van der Waals surface area contributed by atoms with E-state index < -0.39 is 0 Å². The maximum absolute atomic E-state index is 13.6. The largest absolute Gasteiger partial charge is 0.497 e. The van der Waals surface area contributed by atoms with Crippen LogP contribution in [0.4, 0.5) is 0 Å². The summed E-state index contributed by atoms with van der Waals surface area (Å²) in [4.78, 5) is 18.6. The molecule has 3 unspecified atom stereocenters. The van der Waals surface area contributed by atoms with E-state index in [1.807, 2.05) is 29.2 Å². The van der Waals surface area contributed by atoms with Crippen LogP contribution < -0.4 is 9.47 Å². The lowest BCUT2D eigenvalue weighted by Gasteiger charge is -2.30. The summed E-state index contributed by atoms with van der Waals surface area (Å²) in [7, 11) is 3.28. The van der Waals surface area contributed by atoms with E-state index >= 15 is 0 Å². The van der Waals surface area contributed by atoms with Crippen LogP contribution in [0, 0.1) is 11.8 Å². The lowest BCUT2D eigenvalue weighted by molar-refractivity contribution is -0.124. The topological polar surface area (TPSA) is 64.4 Å². The molecule has 3 atom stereocenters. The highest BCUT2D eigenvalue weighted by molar-refractivity contribution is 8.26. The van der Waals surface area contributed by atoms with E-state index in [0.29, 0.717) is 26.7 Å². The third-order valence-corrected chi connectivity index (χ3v) is 9.99. The molecule has 9 heteroatoms. The standard InChI is InChI=1S/C30H36N2O5S2/c1-34-22-7-8-23(26(17-22)35-2)27-16-21(4-3-9-31-10-12-36-13-11-31)25(37-27)18-28-29(33)32(30(38)39-28)24-15-19-5-6-20(24)14-19/h7-8,16-20,24H,3-6,9-15H2,1-2H3/b28-18-. The molecule has 2 saturated heterocycles. The molecule has 1 aromatic heterocycles. The number of carbonyl (C=O) groups is 1. The molecule has 1 amide bonds. The molecule has 1 aromatic carbocycles. The van der Waals surface area contributed by atoms with Gasteiger partial charge in [-0.25, -0.2) is 0 Å². The van der Waals surface area contributed by atoms with Gasteiger partial charge < -0.3 is 18.6 Å². The molecule has 2 aliphatic heterocycles. The number of hydrogen-bond acceptors (Lipinski definition) is 8. The number of carbonyl (C=O) groups excluding carboxylic acids is 1. The van der Waals surface area contributed by atoms with Crippen LogP contribution in [0.5, 0.6) is 11.5 Å². The van der Waals surface area contributed by atoms with E-state index in [1.54, 1.807) is 14.2 Å². The van der Waals surface area contributed by atoms with Crippen molar-refractivity contribution in [2.24, 2.45) is 11.8 Å². The maximum atomic E-state index is 13.6. The van der Waals surface area contributed by atoms with Crippen molar-refractivity contribution in [1.82, 2.24) is 9.80 Å². The number of methoxy groups -OCH3 is 2. The lowest BCUT2D eigenvalue weighted by atomic mass is 9.94. The average Bonchev–Trinajstić information content (AvgIpc) is 3.74. The molecule has 39 heavy (non-hydrogen) atoms. The molecule has 4 fully saturated rings. The summed E-state index contributed by atoms with van der Waals surface area (Å²) < 4.78 is 23.7. The van der Waals surface area contributed by atoms with Gasteiger partial charge in [0.15, 0.2) is 0 Å². The van der Waals surface area contributed by atoms with Crippen LogP contribution in [0.2, 0.25) is 0 Å². The van der Waals surface area contributed by atoms with Crippen molar-refractivity contribution in [3.8, 4) is 22.8 Å². The Hall–Kier alpha value is -2.33. The van der Waals surface area contributed by atoms with Crippen LogP contribution >= 0.6 is 24.0 Å². The highest BCUT2D eigenvalue weighted by Gasteiger charge is 2.48. The van der Waals surface area contributed by atoms with Crippen LogP contribution in [0.15, 0.2) is 33.6 Å². The van der Waals surface area contributed by atoms with Crippen LogP contribution in [0.25, 0.3) is 17.4 Å². The summed E-state index contributed by atoms with van der Waals surface area (Å²) in [5, 5.41) is 0. The summed E-state index contributed by atoms with van der Waals surface area (Å²) in [5.74, 6) is 4.20. The number of amides is 1.